The molecule has 1 unspecified atom stereocenters. The summed E-state index contributed by atoms with van der Waals surface area (Å²) in [5, 5.41) is 0. The maximum Gasteiger partial charge on any atom is 0.00672 e. The van der Waals surface area contributed by atoms with Gasteiger partial charge >= 0.3 is 0 Å². The lowest BCUT2D eigenvalue weighted by Crippen LogP contribution is -2.22. The summed E-state index contributed by atoms with van der Waals surface area (Å²) in [6.45, 7) is 30.5. The van der Waals surface area contributed by atoms with Crippen LogP contribution < -0.4 is 0 Å². The van der Waals surface area contributed by atoms with E-state index in [2.05, 4.69) is 114 Å². The minimum atomic E-state index is 0.111. The Labute approximate surface area is 187 Å². The molecular weight excluding hydrogens is 360 g/mol. The van der Waals surface area contributed by atoms with Crippen molar-refractivity contribution in [3.05, 3.63) is 68.8 Å². The van der Waals surface area contributed by atoms with Crippen molar-refractivity contribution in [3.8, 4) is 0 Å². The monoisotopic (exact) mass is 406 g/mol. The SMILES string of the molecule is Cc1cc(C)c(C(C)(C)C)c(C(C)c2cc(C(C)C)cc(C(C)C)c2C(C)(C)C)c1. The molecule has 0 fully saturated rings. The van der Waals surface area contributed by atoms with E-state index in [1.807, 2.05) is 0 Å². The first-order valence-electron chi connectivity index (χ1n) is 11.9. The molecule has 0 heteroatoms. The van der Waals surface area contributed by atoms with Gasteiger partial charge in [0.1, 0.15) is 0 Å². The molecule has 0 aliphatic rings. The van der Waals surface area contributed by atoms with Gasteiger partial charge < -0.3 is 0 Å². The Morgan fingerprint density at radius 1 is 0.567 bits per heavy atom. The van der Waals surface area contributed by atoms with Gasteiger partial charge in [0.25, 0.3) is 0 Å². The van der Waals surface area contributed by atoms with Crippen molar-refractivity contribution < 1.29 is 0 Å². The van der Waals surface area contributed by atoms with E-state index in [0.717, 1.165) is 0 Å². The van der Waals surface area contributed by atoms with Gasteiger partial charge in [-0.05, 0) is 75.5 Å². The zero-order chi connectivity index (χ0) is 23.2. The van der Waals surface area contributed by atoms with Crippen LogP contribution in [0.4, 0.5) is 0 Å². The third-order valence-electron chi connectivity index (χ3n) is 6.45. The minimum absolute atomic E-state index is 0.111. The molecular formula is C30H46. The van der Waals surface area contributed by atoms with Crippen molar-refractivity contribution >= 4 is 0 Å². The van der Waals surface area contributed by atoms with Gasteiger partial charge in [-0.3, -0.25) is 0 Å². The van der Waals surface area contributed by atoms with Crippen LogP contribution in [0.1, 0.15) is 138 Å². The molecule has 0 amide bonds. The van der Waals surface area contributed by atoms with Crippen LogP contribution in [0.5, 0.6) is 0 Å². The molecule has 2 rings (SSSR count). The number of hydrogen-bond donors (Lipinski definition) is 0. The predicted octanol–water partition coefficient (Wildman–Crippen LogP) is 9.30. The average molecular weight is 407 g/mol. The van der Waals surface area contributed by atoms with Gasteiger partial charge in [0.2, 0.25) is 0 Å². The molecule has 0 radical (unpaired) electrons. The molecule has 166 valence electrons. The third-order valence-corrected chi connectivity index (χ3v) is 6.45. The summed E-state index contributed by atoms with van der Waals surface area (Å²) in [4.78, 5) is 0. The smallest absolute Gasteiger partial charge is 0.00672 e. The Bertz CT molecular complexity index is 895. The summed E-state index contributed by atoms with van der Waals surface area (Å²) in [5.41, 5.74) is 12.1. The Kier molecular flexibility index (Phi) is 7.02. The second-order valence-corrected chi connectivity index (χ2v) is 12.2. The summed E-state index contributed by atoms with van der Waals surface area (Å²) in [5.74, 6) is 1.41. The molecule has 2 aromatic rings. The van der Waals surface area contributed by atoms with Crippen LogP contribution in [0, 0.1) is 13.8 Å². The lowest BCUT2D eigenvalue weighted by Gasteiger charge is -2.34. The molecule has 0 spiro atoms. The van der Waals surface area contributed by atoms with Gasteiger partial charge in [0, 0.05) is 5.92 Å². The Hall–Kier alpha value is -1.56. The maximum absolute atomic E-state index is 2.52. The quantitative estimate of drug-likeness (QED) is 0.474. The molecule has 0 aromatic heterocycles. The van der Waals surface area contributed by atoms with E-state index < -0.39 is 0 Å². The fraction of sp³-hybridized carbons (Fsp3) is 0.600. The molecule has 0 saturated carbocycles. The van der Waals surface area contributed by atoms with E-state index in [4.69, 9.17) is 0 Å². The van der Waals surface area contributed by atoms with Crippen molar-refractivity contribution in [1.82, 2.24) is 0 Å². The lowest BCUT2D eigenvalue weighted by molar-refractivity contribution is 0.557. The Morgan fingerprint density at radius 2 is 1.03 bits per heavy atom. The van der Waals surface area contributed by atoms with Crippen molar-refractivity contribution in [2.24, 2.45) is 0 Å². The first-order chi connectivity index (χ1) is 13.6. The molecule has 0 aliphatic heterocycles. The Morgan fingerprint density at radius 3 is 1.47 bits per heavy atom. The number of rotatable bonds is 4. The number of aryl methyl sites for hydroxylation is 2. The summed E-state index contributed by atoms with van der Waals surface area (Å²) in [7, 11) is 0. The second-order valence-electron chi connectivity index (χ2n) is 12.2. The molecule has 2 aromatic carbocycles. The highest BCUT2D eigenvalue weighted by Crippen LogP contribution is 2.43. The van der Waals surface area contributed by atoms with Gasteiger partial charge in [-0.15, -0.1) is 0 Å². The van der Waals surface area contributed by atoms with Gasteiger partial charge in [-0.2, -0.15) is 0 Å². The normalized spacial score (nSPS) is 14.0. The molecule has 1 atom stereocenters. The first-order valence-corrected chi connectivity index (χ1v) is 11.9. The molecule has 30 heavy (non-hydrogen) atoms. The summed E-state index contributed by atoms with van der Waals surface area (Å²) < 4.78 is 0. The molecule has 0 saturated heterocycles. The summed E-state index contributed by atoms with van der Waals surface area (Å²) in [6.07, 6.45) is 0. The zero-order valence-electron chi connectivity index (χ0n) is 22.0. The van der Waals surface area contributed by atoms with Crippen LogP contribution in [-0.2, 0) is 10.8 Å². The highest BCUT2D eigenvalue weighted by atomic mass is 14.3. The zero-order valence-corrected chi connectivity index (χ0v) is 22.0. The minimum Gasteiger partial charge on any atom is -0.0587 e. The fourth-order valence-electron chi connectivity index (χ4n) is 5.24. The fourth-order valence-corrected chi connectivity index (χ4v) is 5.24. The van der Waals surface area contributed by atoms with E-state index in [9.17, 15) is 0 Å². The van der Waals surface area contributed by atoms with Crippen LogP contribution in [0.15, 0.2) is 24.3 Å². The van der Waals surface area contributed by atoms with Crippen molar-refractivity contribution in [2.45, 2.75) is 119 Å². The third kappa shape index (κ3) is 5.01. The molecule has 0 N–H and O–H groups in total. The lowest BCUT2D eigenvalue weighted by atomic mass is 9.70. The first kappa shape index (κ1) is 24.7. The Balaban J connectivity index is 2.94. The van der Waals surface area contributed by atoms with Crippen molar-refractivity contribution in [1.29, 1.82) is 0 Å². The summed E-state index contributed by atoms with van der Waals surface area (Å²) in [6, 6.07) is 9.80. The number of benzene rings is 2. The maximum atomic E-state index is 2.52. The van der Waals surface area contributed by atoms with Crippen LogP contribution in [-0.4, -0.2) is 0 Å². The van der Waals surface area contributed by atoms with E-state index in [-0.39, 0.29) is 10.8 Å². The topological polar surface area (TPSA) is 0 Å². The van der Waals surface area contributed by atoms with E-state index in [1.165, 1.54) is 38.9 Å². The molecule has 0 aliphatic carbocycles. The van der Waals surface area contributed by atoms with E-state index in [1.54, 1.807) is 5.56 Å². The van der Waals surface area contributed by atoms with Gasteiger partial charge in [0.15, 0.2) is 0 Å². The van der Waals surface area contributed by atoms with Gasteiger partial charge in [0.05, 0.1) is 0 Å². The largest absolute Gasteiger partial charge is 0.0587 e. The highest BCUT2D eigenvalue weighted by Gasteiger charge is 2.30. The van der Waals surface area contributed by atoms with Crippen LogP contribution >= 0.6 is 0 Å². The average Bonchev–Trinajstić information content (AvgIpc) is 2.56. The molecule has 0 heterocycles. The summed E-state index contributed by atoms with van der Waals surface area (Å²) >= 11 is 0. The number of hydrogen-bond acceptors (Lipinski definition) is 0. The van der Waals surface area contributed by atoms with E-state index in [0.29, 0.717) is 17.8 Å². The second kappa shape index (κ2) is 8.52. The molecule has 0 bridgehead atoms. The van der Waals surface area contributed by atoms with Gasteiger partial charge in [-0.25, -0.2) is 0 Å². The van der Waals surface area contributed by atoms with E-state index >= 15 is 0 Å². The molecule has 0 nitrogen and oxygen atoms in total. The standard InChI is InChI=1S/C30H46/c1-18(2)23-16-24(19(3)4)28(30(11,12)13)26(17-23)22(7)25-15-20(5)14-21(6)27(25)29(8,9)10/h14-19,22H,1-13H3. The van der Waals surface area contributed by atoms with Crippen molar-refractivity contribution in [3.63, 3.8) is 0 Å². The van der Waals surface area contributed by atoms with Crippen LogP contribution in [0.3, 0.4) is 0 Å². The van der Waals surface area contributed by atoms with Crippen LogP contribution in [0.25, 0.3) is 0 Å². The van der Waals surface area contributed by atoms with Crippen molar-refractivity contribution in [2.75, 3.05) is 0 Å². The van der Waals surface area contributed by atoms with Gasteiger partial charge in [-0.1, -0.05) is 106 Å². The predicted molar refractivity (Wildman–Crippen MR) is 135 cm³/mol. The van der Waals surface area contributed by atoms with Crippen LogP contribution in [0.2, 0.25) is 0 Å². The highest BCUT2D eigenvalue weighted by molar-refractivity contribution is 5.53.